The molecule has 9 heteroatoms. The predicted molar refractivity (Wildman–Crippen MR) is 166 cm³/mol. The second kappa shape index (κ2) is 14.3. The van der Waals surface area contributed by atoms with Gasteiger partial charge in [-0.05, 0) is 72.0 Å². The Balaban J connectivity index is 1.47. The summed E-state index contributed by atoms with van der Waals surface area (Å²) in [4.78, 5) is 13.0. The van der Waals surface area contributed by atoms with E-state index >= 15 is 0 Å². The number of rotatable bonds is 13. The van der Waals surface area contributed by atoms with Gasteiger partial charge in [0.1, 0.15) is 13.2 Å². The highest BCUT2D eigenvalue weighted by Crippen LogP contribution is 2.29. The van der Waals surface area contributed by atoms with E-state index in [1.807, 2.05) is 49.4 Å². The number of nitrogens with one attached hydrogen (secondary N) is 1. The number of hydrazone groups is 1. The molecule has 0 radical (unpaired) electrons. The lowest BCUT2D eigenvalue weighted by molar-refractivity contribution is -0.119. The molecule has 1 amide bonds. The Morgan fingerprint density at radius 1 is 0.881 bits per heavy atom. The van der Waals surface area contributed by atoms with E-state index in [9.17, 15) is 13.2 Å². The lowest BCUT2D eigenvalue weighted by atomic mass is 10.0. The third-order valence-corrected chi connectivity index (χ3v) is 8.16. The van der Waals surface area contributed by atoms with E-state index < -0.39 is 22.5 Å². The number of ether oxygens (including phenoxy) is 2. The van der Waals surface area contributed by atoms with Crippen LogP contribution in [0.4, 0.5) is 5.69 Å². The summed E-state index contributed by atoms with van der Waals surface area (Å²) in [6.07, 6.45) is 1.47. The van der Waals surface area contributed by atoms with Crippen molar-refractivity contribution in [2.45, 2.75) is 38.2 Å². The molecule has 0 aliphatic heterocycles. The highest BCUT2D eigenvalue weighted by Gasteiger charge is 2.27. The summed E-state index contributed by atoms with van der Waals surface area (Å²) in [5.74, 6) is 0.830. The number of amides is 1. The zero-order chi connectivity index (χ0) is 30.0. The van der Waals surface area contributed by atoms with Crippen molar-refractivity contribution in [1.29, 1.82) is 0 Å². The van der Waals surface area contributed by atoms with E-state index in [1.165, 1.54) is 18.3 Å². The van der Waals surface area contributed by atoms with Gasteiger partial charge in [-0.2, -0.15) is 5.10 Å². The van der Waals surface area contributed by atoms with Crippen molar-refractivity contribution < 1.29 is 22.7 Å². The fourth-order valence-corrected chi connectivity index (χ4v) is 5.57. The van der Waals surface area contributed by atoms with Crippen molar-refractivity contribution >= 4 is 27.8 Å². The summed E-state index contributed by atoms with van der Waals surface area (Å²) < 4.78 is 39.9. The molecule has 1 N–H and O–H groups in total. The minimum absolute atomic E-state index is 0.0901. The molecule has 0 fully saturated rings. The molecule has 218 valence electrons. The first-order chi connectivity index (χ1) is 20.3. The third-order valence-electron chi connectivity index (χ3n) is 6.37. The van der Waals surface area contributed by atoms with Crippen LogP contribution in [0.2, 0.25) is 0 Å². The highest BCUT2D eigenvalue weighted by atomic mass is 32.2. The van der Waals surface area contributed by atoms with Gasteiger partial charge >= 0.3 is 0 Å². The maximum absolute atomic E-state index is 13.5. The summed E-state index contributed by atoms with van der Waals surface area (Å²) in [5.41, 5.74) is 5.60. The molecule has 0 saturated carbocycles. The average Bonchev–Trinajstić information content (AvgIpc) is 3.00. The second-order valence-electron chi connectivity index (χ2n) is 9.78. The van der Waals surface area contributed by atoms with Gasteiger partial charge in [0.05, 0.1) is 23.4 Å². The van der Waals surface area contributed by atoms with Gasteiger partial charge in [0, 0.05) is 0 Å². The number of hydrogen-bond acceptors (Lipinski definition) is 6. The van der Waals surface area contributed by atoms with Gasteiger partial charge in [-0.25, -0.2) is 13.8 Å². The largest absolute Gasteiger partial charge is 0.490 e. The predicted octanol–water partition coefficient (Wildman–Crippen LogP) is 6.13. The lowest BCUT2D eigenvalue weighted by Gasteiger charge is -2.24. The zero-order valence-corrected chi connectivity index (χ0v) is 24.8. The van der Waals surface area contributed by atoms with E-state index in [0.717, 1.165) is 15.4 Å². The lowest BCUT2D eigenvalue weighted by Crippen LogP contribution is -2.39. The molecule has 4 aromatic carbocycles. The average molecular weight is 586 g/mol. The number of carbonyl (C=O) groups excluding carboxylic acids is 1. The summed E-state index contributed by atoms with van der Waals surface area (Å²) in [6.45, 7) is 6.39. The summed E-state index contributed by atoms with van der Waals surface area (Å²) in [7, 11) is -4.01. The minimum Gasteiger partial charge on any atom is -0.490 e. The van der Waals surface area contributed by atoms with Gasteiger partial charge in [-0.3, -0.25) is 9.10 Å². The van der Waals surface area contributed by atoms with E-state index in [2.05, 4.69) is 24.4 Å². The molecule has 4 aromatic rings. The Morgan fingerprint density at radius 2 is 1.55 bits per heavy atom. The topological polar surface area (TPSA) is 97.3 Å². The van der Waals surface area contributed by atoms with Crippen molar-refractivity contribution in [2.75, 3.05) is 17.5 Å². The van der Waals surface area contributed by atoms with Crippen molar-refractivity contribution in [3.8, 4) is 11.5 Å². The molecule has 0 aliphatic rings. The molecular formula is C33H35N3O5S. The molecule has 42 heavy (non-hydrogen) atoms. The van der Waals surface area contributed by atoms with Crippen LogP contribution in [0.5, 0.6) is 11.5 Å². The fourth-order valence-electron chi connectivity index (χ4n) is 4.13. The van der Waals surface area contributed by atoms with E-state index in [-0.39, 0.29) is 10.8 Å². The first-order valence-corrected chi connectivity index (χ1v) is 15.1. The normalized spacial score (nSPS) is 11.4. The molecule has 0 aromatic heterocycles. The Hall–Kier alpha value is -4.63. The minimum atomic E-state index is -4.01. The first-order valence-electron chi connectivity index (χ1n) is 13.7. The van der Waals surface area contributed by atoms with Crippen LogP contribution in [0, 0.1) is 0 Å². The number of nitrogens with zero attached hydrogens (tertiary/aromatic N) is 2. The van der Waals surface area contributed by atoms with Crippen molar-refractivity contribution in [2.24, 2.45) is 5.10 Å². The summed E-state index contributed by atoms with van der Waals surface area (Å²) in [6, 6.07) is 30.4. The van der Waals surface area contributed by atoms with Crippen LogP contribution in [0.1, 0.15) is 43.4 Å². The fraction of sp³-hybridized carbons (Fsp3) is 0.212. The molecule has 0 bridgehead atoms. The van der Waals surface area contributed by atoms with Gasteiger partial charge in [0.2, 0.25) is 0 Å². The Bertz CT molecular complexity index is 1590. The maximum atomic E-state index is 13.5. The van der Waals surface area contributed by atoms with Crippen LogP contribution in [0.15, 0.2) is 113 Å². The monoisotopic (exact) mass is 585 g/mol. The number of benzene rings is 4. The second-order valence-corrected chi connectivity index (χ2v) is 11.6. The number of hydrogen-bond donors (Lipinski definition) is 1. The molecule has 0 heterocycles. The molecule has 4 rings (SSSR count). The van der Waals surface area contributed by atoms with Gasteiger partial charge in [-0.1, -0.05) is 74.5 Å². The number of carbonyl (C=O) groups is 1. The van der Waals surface area contributed by atoms with Crippen molar-refractivity contribution in [3.63, 3.8) is 0 Å². The van der Waals surface area contributed by atoms with Gasteiger partial charge in [-0.15, -0.1) is 0 Å². The molecule has 8 nitrogen and oxygen atoms in total. The first kappa shape index (κ1) is 30.3. The van der Waals surface area contributed by atoms with Crippen LogP contribution >= 0.6 is 0 Å². The van der Waals surface area contributed by atoms with Gasteiger partial charge in [0.25, 0.3) is 15.9 Å². The smallest absolute Gasteiger partial charge is 0.264 e. The van der Waals surface area contributed by atoms with Crippen LogP contribution in [0.25, 0.3) is 0 Å². The highest BCUT2D eigenvalue weighted by molar-refractivity contribution is 7.92. The van der Waals surface area contributed by atoms with E-state index in [1.54, 1.807) is 48.5 Å². The molecule has 0 atom stereocenters. The van der Waals surface area contributed by atoms with Crippen molar-refractivity contribution in [1.82, 2.24) is 5.43 Å². The third kappa shape index (κ3) is 7.98. The molecule has 0 saturated heterocycles. The van der Waals surface area contributed by atoms with Crippen LogP contribution in [-0.2, 0) is 21.4 Å². The Labute approximate surface area is 247 Å². The van der Waals surface area contributed by atoms with Crippen LogP contribution < -0.4 is 19.2 Å². The number of anilines is 1. The molecule has 0 unspecified atom stereocenters. The zero-order valence-electron chi connectivity index (χ0n) is 23.9. The van der Waals surface area contributed by atoms with E-state index in [0.29, 0.717) is 36.0 Å². The van der Waals surface area contributed by atoms with Crippen LogP contribution in [0.3, 0.4) is 0 Å². The summed E-state index contributed by atoms with van der Waals surface area (Å²) in [5, 5.41) is 4.06. The molecule has 0 spiro atoms. The van der Waals surface area contributed by atoms with Crippen molar-refractivity contribution in [3.05, 3.63) is 120 Å². The number of sulfonamides is 1. The molecule has 0 aliphatic carbocycles. The quantitative estimate of drug-likeness (QED) is 0.150. The summed E-state index contributed by atoms with van der Waals surface area (Å²) >= 11 is 0. The van der Waals surface area contributed by atoms with Gasteiger partial charge in [0.15, 0.2) is 11.5 Å². The SMILES string of the molecule is CCOc1cc(/C=N\NC(=O)CN(c2ccc(C(C)C)cc2)S(=O)(=O)c2ccccc2)ccc1OCc1ccccc1. The van der Waals surface area contributed by atoms with Gasteiger partial charge < -0.3 is 9.47 Å². The standard InChI is InChI=1S/C33H35N3O5S/c1-4-40-32-21-27(15-20-31(32)41-24-26-11-7-5-8-12-26)22-34-35-33(37)23-36(29-18-16-28(17-19-29)25(2)3)42(38,39)30-13-9-6-10-14-30/h5-22,25H,4,23-24H2,1-3H3,(H,35,37)/b34-22-. The molecular weight excluding hydrogens is 550 g/mol. The Morgan fingerprint density at radius 3 is 2.19 bits per heavy atom. The Kier molecular flexibility index (Phi) is 10.3. The van der Waals surface area contributed by atoms with E-state index in [4.69, 9.17) is 9.47 Å². The van der Waals surface area contributed by atoms with Crippen LogP contribution in [-0.4, -0.2) is 33.7 Å². The maximum Gasteiger partial charge on any atom is 0.264 e.